The molecule has 0 aliphatic heterocycles. The molecule has 3 rings (SSSR count). The third-order valence-electron chi connectivity index (χ3n) is 3.74. The summed E-state index contributed by atoms with van der Waals surface area (Å²) in [6, 6.07) is 22.0. The molecule has 0 heterocycles. The highest BCUT2D eigenvalue weighted by molar-refractivity contribution is 7.78. The monoisotopic (exact) mass is 359 g/mol. The molecule has 3 heteroatoms. The fourth-order valence-electron chi connectivity index (χ4n) is 2.36. The van der Waals surface area contributed by atoms with Gasteiger partial charge in [0.1, 0.15) is 0 Å². The van der Waals surface area contributed by atoms with Gasteiger partial charge in [0.2, 0.25) is 0 Å². The Balaban J connectivity index is 1.82. The minimum Gasteiger partial charge on any atom is -0.195 e. The van der Waals surface area contributed by atoms with Gasteiger partial charge in [0, 0.05) is 11.1 Å². The number of benzene rings is 3. The van der Waals surface area contributed by atoms with Gasteiger partial charge in [0.15, 0.2) is 0 Å². The van der Waals surface area contributed by atoms with E-state index in [-0.39, 0.29) is 0 Å². The molecule has 0 saturated carbocycles. The van der Waals surface area contributed by atoms with Crippen molar-refractivity contribution in [3.8, 4) is 23.0 Å². The largest absolute Gasteiger partial charge is 0.195 e. The van der Waals surface area contributed by atoms with E-state index in [4.69, 9.17) is 11.6 Å². The van der Waals surface area contributed by atoms with Crippen molar-refractivity contribution in [2.75, 3.05) is 0 Å². The van der Waals surface area contributed by atoms with E-state index in [0.717, 1.165) is 11.1 Å². The van der Waals surface area contributed by atoms with Crippen LogP contribution < -0.4 is 0 Å². The molecule has 0 unspecified atom stereocenters. The first-order valence-electron chi connectivity index (χ1n) is 7.72. The molecular formula is C22H14ClNS. The zero-order chi connectivity index (χ0) is 17.6. The Hall–Kier alpha value is -2.69. The molecule has 1 nitrogen and oxygen atoms in total. The van der Waals surface area contributed by atoms with Crippen LogP contribution in [0.3, 0.4) is 0 Å². The van der Waals surface area contributed by atoms with E-state index >= 15 is 0 Å². The maximum absolute atomic E-state index is 6.23. The topological polar surface area (TPSA) is 12.4 Å². The summed E-state index contributed by atoms with van der Waals surface area (Å²) in [5, 5.41) is 2.88. The van der Waals surface area contributed by atoms with Crippen molar-refractivity contribution in [2.24, 2.45) is 4.99 Å². The van der Waals surface area contributed by atoms with Crippen LogP contribution in [0.25, 0.3) is 11.1 Å². The van der Waals surface area contributed by atoms with E-state index in [1.807, 2.05) is 24.3 Å². The van der Waals surface area contributed by atoms with Gasteiger partial charge in [-0.15, -0.1) is 0 Å². The first-order chi connectivity index (χ1) is 12.2. The van der Waals surface area contributed by atoms with Crippen molar-refractivity contribution in [1.82, 2.24) is 0 Å². The van der Waals surface area contributed by atoms with Crippen LogP contribution in [0.4, 0.5) is 5.69 Å². The SMILES string of the molecule is Cc1ccc(-c2ccc(C#Cc3ccc(N=C=S)cc3Cl)cc2)cc1. The van der Waals surface area contributed by atoms with Gasteiger partial charge in [-0.3, -0.25) is 0 Å². The number of thiocarbonyl (C=S) groups is 1. The summed E-state index contributed by atoms with van der Waals surface area (Å²) < 4.78 is 0. The summed E-state index contributed by atoms with van der Waals surface area (Å²) >= 11 is 10.8. The summed E-state index contributed by atoms with van der Waals surface area (Å²) in [4.78, 5) is 3.90. The number of halogens is 1. The molecule has 0 aliphatic carbocycles. The molecule has 0 saturated heterocycles. The van der Waals surface area contributed by atoms with Gasteiger partial charge >= 0.3 is 0 Å². The minimum atomic E-state index is 0.551. The Morgan fingerprint density at radius 3 is 2.08 bits per heavy atom. The van der Waals surface area contributed by atoms with Crippen molar-refractivity contribution in [1.29, 1.82) is 0 Å². The van der Waals surface area contributed by atoms with Crippen LogP contribution in [0.2, 0.25) is 5.02 Å². The molecule has 0 bridgehead atoms. The van der Waals surface area contributed by atoms with Gasteiger partial charge in [-0.2, -0.15) is 4.99 Å². The van der Waals surface area contributed by atoms with Crippen molar-refractivity contribution >= 4 is 34.7 Å². The summed E-state index contributed by atoms with van der Waals surface area (Å²) in [5.74, 6) is 6.23. The van der Waals surface area contributed by atoms with E-state index in [2.05, 4.69) is 77.5 Å². The number of hydrogen-bond acceptors (Lipinski definition) is 2. The second-order valence-electron chi connectivity index (χ2n) is 5.56. The van der Waals surface area contributed by atoms with Gasteiger partial charge in [-0.25, -0.2) is 0 Å². The maximum Gasteiger partial charge on any atom is 0.0755 e. The minimum absolute atomic E-state index is 0.551. The lowest BCUT2D eigenvalue weighted by atomic mass is 10.0. The zero-order valence-corrected chi connectivity index (χ0v) is 15.2. The van der Waals surface area contributed by atoms with Crippen LogP contribution in [0, 0.1) is 18.8 Å². The molecular weight excluding hydrogens is 346 g/mol. The maximum atomic E-state index is 6.23. The lowest BCUT2D eigenvalue weighted by molar-refractivity contribution is 1.47. The Morgan fingerprint density at radius 2 is 1.48 bits per heavy atom. The predicted molar refractivity (Wildman–Crippen MR) is 109 cm³/mol. The Morgan fingerprint density at radius 1 is 0.840 bits per heavy atom. The highest BCUT2D eigenvalue weighted by Gasteiger charge is 1.99. The first kappa shape index (κ1) is 17.1. The van der Waals surface area contributed by atoms with Crippen LogP contribution in [0.1, 0.15) is 16.7 Å². The van der Waals surface area contributed by atoms with E-state index in [1.165, 1.54) is 16.7 Å². The quantitative estimate of drug-likeness (QED) is 0.291. The van der Waals surface area contributed by atoms with Gasteiger partial charge < -0.3 is 0 Å². The molecule has 0 radical (unpaired) electrons. The zero-order valence-electron chi connectivity index (χ0n) is 13.6. The van der Waals surface area contributed by atoms with Crippen molar-refractivity contribution in [3.63, 3.8) is 0 Å². The normalized spacial score (nSPS) is 9.68. The van der Waals surface area contributed by atoms with E-state index in [1.54, 1.807) is 6.07 Å². The average molecular weight is 360 g/mol. The van der Waals surface area contributed by atoms with Crippen molar-refractivity contribution in [2.45, 2.75) is 6.92 Å². The molecule has 0 atom stereocenters. The summed E-state index contributed by atoms with van der Waals surface area (Å²) in [5.41, 5.74) is 5.99. The number of isothiocyanates is 1. The fraction of sp³-hybridized carbons (Fsp3) is 0.0455. The average Bonchev–Trinajstić information content (AvgIpc) is 2.62. The molecule has 3 aromatic carbocycles. The van der Waals surface area contributed by atoms with Gasteiger partial charge in [-0.1, -0.05) is 65.4 Å². The van der Waals surface area contributed by atoms with Crippen molar-refractivity contribution in [3.05, 3.63) is 88.4 Å². The second kappa shape index (κ2) is 7.92. The summed E-state index contributed by atoms with van der Waals surface area (Å²) in [6.45, 7) is 2.09. The molecule has 0 N–H and O–H groups in total. The molecule has 120 valence electrons. The van der Waals surface area contributed by atoms with Crippen LogP contribution in [-0.4, -0.2) is 5.16 Å². The molecule has 0 fully saturated rings. The van der Waals surface area contributed by atoms with E-state index < -0.39 is 0 Å². The van der Waals surface area contributed by atoms with Crippen LogP contribution in [0.15, 0.2) is 71.7 Å². The van der Waals surface area contributed by atoms with Crippen LogP contribution >= 0.6 is 23.8 Å². The highest BCUT2D eigenvalue weighted by atomic mass is 35.5. The predicted octanol–water partition coefficient (Wildman–Crippen LogP) is 6.45. The Labute approximate surface area is 158 Å². The van der Waals surface area contributed by atoms with E-state index in [0.29, 0.717) is 10.7 Å². The third kappa shape index (κ3) is 4.44. The van der Waals surface area contributed by atoms with Gasteiger partial charge in [-0.05, 0) is 60.6 Å². The first-order valence-corrected chi connectivity index (χ1v) is 8.51. The number of aliphatic imine (C=N–C) groups is 1. The standard InChI is InChI=1S/C22H14ClNS/c1-16-2-7-18(8-3-16)19-9-4-17(5-10-19)6-11-20-12-13-21(24-15-25)14-22(20)23/h2-5,7-10,12-14H,1H3. The molecule has 0 aromatic heterocycles. The lowest BCUT2D eigenvalue weighted by Crippen LogP contribution is -1.81. The van der Waals surface area contributed by atoms with Crippen LogP contribution in [-0.2, 0) is 0 Å². The molecule has 25 heavy (non-hydrogen) atoms. The Bertz CT molecular complexity index is 1000. The third-order valence-corrected chi connectivity index (χ3v) is 4.14. The van der Waals surface area contributed by atoms with Gasteiger partial charge in [0.05, 0.1) is 15.9 Å². The molecule has 3 aromatic rings. The number of hydrogen-bond donors (Lipinski definition) is 0. The fourth-order valence-corrected chi connectivity index (χ4v) is 2.69. The smallest absolute Gasteiger partial charge is 0.0755 e. The van der Waals surface area contributed by atoms with Gasteiger partial charge in [0.25, 0.3) is 0 Å². The summed E-state index contributed by atoms with van der Waals surface area (Å²) in [7, 11) is 0. The molecule has 0 amide bonds. The van der Waals surface area contributed by atoms with Crippen LogP contribution in [0.5, 0.6) is 0 Å². The van der Waals surface area contributed by atoms with E-state index in [9.17, 15) is 0 Å². The number of nitrogens with zero attached hydrogens (tertiary/aromatic N) is 1. The number of aryl methyl sites for hydroxylation is 1. The summed E-state index contributed by atoms with van der Waals surface area (Å²) in [6.07, 6.45) is 0. The molecule has 0 spiro atoms. The lowest BCUT2D eigenvalue weighted by Gasteiger charge is -2.02. The van der Waals surface area contributed by atoms with Crippen molar-refractivity contribution < 1.29 is 0 Å². The molecule has 0 aliphatic rings. The number of rotatable bonds is 2. The highest BCUT2D eigenvalue weighted by Crippen LogP contribution is 2.23. The second-order valence-corrected chi connectivity index (χ2v) is 6.15. The Kier molecular flexibility index (Phi) is 5.43.